The smallest absolute Gasteiger partial charge is 0.195 e. The molecule has 0 aliphatic rings. The van der Waals surface area contributed by atoms with Crippen LogP contribution in [-0.2, 0) is 0 Å². The first-order valence-electron chi connectivity index (χ1n) is 5.58. The molecule has 0 N–H and O–H groups in total. The van der Waals surface area contributed by atoms with Gasteiger partial charge in [-0.3, -0.25) is 0 Å². The molecule has 1 aromatic carbocycles. The van der Waals surface area contributed by atoms with Gasteiger partial charge in [-0.25, -0.2) is 23.1 Å². The Balaban J connectivity index is 2.62. The van der Waals surface area contributed by atoms with Gasteiger partial charge in [-0.1, -0.05) is 25.4 Å². The Kier molecular flexibility index (Phi) is 3.75. The van der Waals surface area contributed by atoms with Crippen LogP contribution < -0.4 is 0 Å². The van der Waals surface area contributed by atoms with E-state index in [-0.39, 0.29) is 22.3 Å². The Bertz CT molecular complexity index is 630. The van der Waals surface area contributed by atoms with Crippen LogP contribution in [0.4, 0.5) is 13.2 Å². The van der Waals surface area contributed by atoms with Crippen LogP contribution in [0.25, 0.3) is 11.3 Å². The van der Waals surface area contributed by atoms with Crippen molar-refractivity contribution in [2.75, 3.05) is 0 Å². The summed E-state index contributed by atoms with van der Waals surface area (Å²) in [7, 11) is 0. The van der Waals surface area contributed by atoms with Gasteiger partial charge < -0.3 is 0 Å². The van der Waals surface area contributed by atoms with E-state index >= 15 is 0 Å². The highest BCUT2D eigenvalue weighted by molar-refractivity contribution is 6.29. The van der Waals surface area contributed by atoms with Crippen molar-refractivity contribution in [3.63, 3.8) is 0 Å². The van der Waals surface area contributed by atoms with E-state index in [1.165, 1.54) is 6.07 Å². The highest BCUT2D eigenvalue weighted by Gasteiger charge is 2.17. The number of rotatable bonds is 2. The summed E-state index contributed by atoms with van der Waals surface area (Å²) in [5.74, 6) is -3.68. The van der Waals surface area contributed by atoms with Crippen LogP contribution in [0.1, 0.15) is 25.6 Å². The van der Waals surface area contributed by atoms with Crippen LogP contribution in [0.2, 0.25) is 5.15 Å². The van der Waals surface area contributed by atoms with Gasteiger partial charge in [-0.15, -0.1) is 0 Å². The molecule has 1 heterocycles. The zero-order valence-electron chi connectivity index (χ0n) is 10.2. The lowest BCUT2D eigenvalue weighted by molar-refractivity contribution is 0.448. The Hall–Kier alpha value is -1.62. The molecule has 0 aliphatic carbocycles. The van der Waals surface area contributed by atoms with Crippen molar-refractivity contribution in [1.82, 2.24) is 9.97 Å². The second-order valence-electron chi connectivity index (χ2n) is 4.31. The van der Waals surface area contributed by atoms with Crippen molar-refractivity contribution in [2.45, 2.75) is 19.8 Å². The van der Waals surface area contributed by atoms with E-state index in [0.717, 1.165) is 12.1 Å². The first kappa shape index (κ1) is 13.8. The lowest BCUT2D eigenvalue weighted by atomic mass is 10.1. The number of benzene rings is 1. The minimum Gasteiger partial charge on any atom is -0.232 e. The average Bonchev–Trinajstić information content (AvgIpc) is 2.35. The van der Waals surface area contributed by atoms with E-state index in [1.807, 2.05) is 13.8 Å². The molecule has 0 aliphatic heterocycles. The summed E-state index contributed by atoms with van der Waals surface area (Å²) in [6.45, 7) is 3.69. The molecule has 0 spiro atoms. The molecule has 0 saturated heterocycles. The van der Waals surface area contributed by atoms with Gasteiger partial charge in [0.2, 0.25) is 0 Å². The Morgan fingerprint density at radius 2 is 1.74 bits per heavy atom. The third-order valence-electron chi connectivity index (χ3n) is 2.54. The van der Waals surface area contributed by atoms with E-state index in [1.54, 1.807) is 0 Å². The van der Waals surface area contributed by atoms with Gasteiger partial charge in [0, 0.05) is 17.5 Å². The van der Waals surface area contributed by atoms with E-state index in [2.05, 4.69) is 9.97 Å². The van der Waals surface area contributed by atoms with Crippen molar-refractivity contribution in [2.24, 2.45) is 0 Å². The van der Waals surface area contributed by atoms with Crippen molar-refractivity contribution >= 4 is 11.6 Å². The third kappa shape index (κ3) is 2.71. The fourth-order valence-electron chi connectivity index (χ4n) is 1.56. The molecule has 2 aromatic rings. The van der Waals surface area contributed by atoms with Crippen molar-refractivity contribution in [1.29, 1.82) is 0 Å². The molecule has 0 unspecified atom stereocenters. The maximum Gasteiger partial charge on any atom is 0.195 e. The SMILES string of the molecule is CC(C)c1nc(Cl)cc(-c2ccc(F)c(F)c2F)n1. The van der Waals surface area contributed by atoms with Crippen LogP contribution in [0.3, 0.4) is 0 Å². The Labute approximate surface area is 113 Å². The highest BCUT2D eigenvalue weighted by atomic mass is 35.5. The van der Waals surface area contributed by atoms with Crippen molar-refractivity contribution in [3.8, 4) is 11.3 Å². The molecule has 19 heavy (non-hydrogen) atoms. The summed E-state index contributed by atoms with van der Waals surface area (Å²) >= 11 is 5.83. The van der Waals surface area contributed by atoms with Crippen molar-refractivity contribution in [3.05, 3.63) is 46.6 Å². The highest BCUT2D eigenvalue weighted by Crippen LogP contribution is 2.27. The number of nitrogens with zero attached hydrogens (tertiary/aromatic N) is 2. The van der Waals surface area contributed by atoms with Gasteiger partial charge in [-0.2, -0.15) is 0 Å². The molecule has 6 heteroatoms. The minimum absolute atomic E-state index is 0.0224. The molecule has 1 aromatic heterocycles. The summed E-state index contributed by atoms with van der Waals surface area (Å²) in [6, 6.07) is 3.28. The fraction of sp³-hybridized carbons (Fsp3) is 0.231. The van der Waals surface area contributed by atoms with Gasteiger partial charge in [-0.05, 0) is 12.1 Å². The third-order valence-corrected chi connectivity index (χ3v) is 2.73. The van der Waals surface area contributed by atoms with Gasteiger partial charge in [0.05, 0.1) is 5.69 Å². The summed E-state index contributed by atoms with van der Waals surface area (Å²) in [4.78, 5) is 8.10. The predicted octanol–water partition coefficient (Wildman–Crippen LogP) is 4.34. The van der Waals surface area contributed by atoms with Gasteiger partial charge in [0.1, 0.15) is 11.0 Å². The molecule has 2 rings (SSSR count). The fourth-order valence-corrected chi connectivity index (χ4v) is 1.75. The number of halogens is 4. The molecule has 2 nitrogen and oxygen atoms in total. The summed E-state index contributed by atoms with van der Waals surface area (Å²) in [5.41, 5.74) is -0.0230. The van der Waals surface area contributed by atoms with E-state index in [4.69, 9.17) is 11.6 Å². The Morgan fingerprint density at radius 3 is 2.37 bits per heavy atom. The average molecular weight is 287 g/mol. The van der Waals surface area contributed by atoms with Crippen LogP contribution in [0.5, 0.6) is 0 Å². The maximum absolute atomic E-state index is 13.7. The number of hydrogen-bond acceptors (Lipinski definition) is 2. The van der Waals surface area contributed by atoms with Gasteiger partial charge in [0.15, 0.2) is 17.5 Å². The second-order valence-corrected chi connectivity index (χ2v) is 4.70. The van der Waals surface area contributed by atoms with Crippen LogP contribution >= 0.6 is 11.6 Å². The van der Waals surface area contributed by atoms with Crippen LogP contribution in [-0.4, -0.2) is 9.97 Å². The topological polar surface area (TPSA) is 25.8 Å². The molecule has 0 radical (unpaired) electrons. The summed E-state index contributed by atoms with van der Waals surface area (Å²) in [5, 5.41) is 0.123. The van der Waals surface area contributed by atoms with Gasteiger partial charge in [0.25, 0.3) is 0 Å². The standard InChI is InChI=1S/C13H10ClF3N2/c1-6(2)13-18-9(5-10(14)19-13)7-3-4-8(15)12(17)11(7)16/h3-6H,1-2H3. The molecular weight excluding hydrogens is 277 g/mol. The van der Waals surface area contributed by atoms with E-state index in [9.17, 15) is 13.2 Å². The van der Waals surface area contributed by atoms with Gasteiger partial charge >= 0.3 is 0 Å². The molecular formula is C13H10ClF3N2. The molecule has 0 saturated carbocycles. The monoisotopic (exact) mass is 286 g/mol. The first-order chi connectivity index (χ1) is 8.90. The molecule has 0 fully saturated rings. The lowest BCUT2D eigenvalue weighted by Gasteiger charge is -2.09. The molecule has 0 atom stereocenters. The lowest BCUT2D eigenvalue weighted by Crippen LogP contribution is -2.01. The first-order valence-corrected chi connectivity index (χ1v) is 5.96. The zero-order valence-corrected chi connectivity index (χ0v) is 11.0. The van der Waals surface area contributed by atoms with Crippen molar-refractivity contribution < 1.29 is 13.2 Å². The number of aromatic nitrogens is 2. The van der Waals surface area contributed by atoms with E-state index < -0.39 is 17.5 Å². The second kappa shape index (κ2) is 5.17. The summed E-state index contributed by atoms with van der Waals surface area (Å²) < 4.78 is 39.8. The predicted molar refractivity (Wildman–Crippen MR) is 66.4 cm³/mol. The molecule has 100 valence electrons. The zero-order chi connectivity index (χ0) is 14.2. The quantitative estimate of drug-likeness (QED) is 0.606. The largest absolute Gasteiger partial charge is 0.232 e. The van der Waals surface area contributed by atoms with E-state index in [0.29, 0.717) is 5.82 Å². The molecule has 0 bridgehead atoms. The molecule has 0 amide bonds. The number of hydrogen-bond donors (Lipinski definition) is 0. The summed E-state index contributed by atoms with van der Waals surface area (Å²) in [6.07, 6.45) is 0. The normalized spacial score (nSPS) is 11.1. The van der Waals surface area contributed by atoms with Crippen LogP contribution in [0.15, 0.2) is 18.2 Å². The minimum atomic E-state index is -1.53. The van der Waals surface area contributed by atoms with Crippen LogP contribution in [0, 0.1) is 17.5 Å². The maximum atomic E-state index is 13.7. The Morgan fingerprint density at radius 1 is 1.05 bits per heavy atom.